The number of hydroxylamine groups is 1. The van der Waals surface area contributed by atoms with Gasteiger partial charge in [-0.2, -0.15) is 4.98 Å². The monoisotopic (exact) mass is 378 g/mol. The molecule has 8 heteroatoms. The van der Waals surface area contributed by atoms with Crippen LogP contribution in [-0.2, 0) is 16.1 Å². The average Bonchev–Trinajstić information content (AvgIpc) is 3.44. The third kappa shape index (κ3) is 6.30. The van der Waals surface area contributed by atoms with Crippen molar-refractivity contribution in [3.8, 4) is 0 Å². The largest absolute Gasteiger partial charge is 0.348 e. The van der Waals surface area contributed by atoms with E-state index in [0.717, 1.165) is 38.0 Å². The summed E-state index contributed by atoms with van der Waals surface area (Å²) < 4.78 is 5.35. The number of carbonyl (C=O) groups excluding carboxylic acids is 2. The summed E-state index contributed by atoms with van der Waals surface area (Å²) in [6, 6.07) is 0. The Balaban J connectivity index is 1.51. The second kappa shape index (κ2) is 9.82. The first-order valence-electron chi connectivity index (χ1n) is 10.2. The summed E-state index contributed by atoms with van der Waals surface area (Å²) in [5.41, 5.74) is 1.69. The van der Waals surface area contributed by atoms with Crippen LogP contribution in [0.25, 0.3) is 0 Å². The molecule has 1 aromatic rings. The maximum absolute atomic E-state index is 11.7. The van der Waals surface area contributed by atoms with Gasteiger partial charge in [0.2, 0.25) is 17.7 Å². The van der Waals surface area contributed by atoms with Crippen LogP contribution in [0.4, 0.5) is 0 Å². The van der Waals surface area contributed by atoms with Crippen molar-refractivity contribution < 1.29 is 19.3 Å². The molecular weight excluding hydrogens is 348 g/mol. The SMILES string of the molecule is O=C(C[C@@H](CCCC1CCCCC1)c1nc(CNC(=O)C2CC2)no1)NO. The fourth-order valence-corrected chi connectivity index (χ4v) is 3.87. The number of amides is 2. The van der Waals surface area contributed by atoms with Gasteiger partial charge in [0.1, 0.15) is 0 Å². The third-order valence-corrected chi connectivity index (χ3v) is 5.65. The van der Waals surface area contributed by atoms with Crippen LogP contribution in [0.5, 0.6) is 0 Å². The Morgan fingerprint density at radius 1 is 1.19 bits per heavy atom. The lowest BCUT2D eigenvalue weighted by atomic mass is 9.84. The molecule has 1 aromatic heterocycles. The van der Waals surface area contributed by atoms with Crippen molar-refractivity contribution in [1.29, 1.82) is 0 Å². The Kier molecular flexibility index (Phi) is 7.20. The normalized spacial score (nSPS) is 18.9. The summed E-state index contributed by atoms with van der Waals surface area (Å²) in [5, 5.41) is 15.6. The fourth-order valence-electron chi connectivity index (χ4n) is 3.87. The van der Waals surface area contributed by atoms with E-state index in [2.05, 4.69) is 15.5 Å². The van der Waals surface area contributed by atoms with Crippen LogP contribution in [0.1, 0.15) is 88.3 Å². The van der Waals surface area contributed by atoms with Gasteiger partial charge in [0, 0.05) is 18.3 Å². The molecule has 2 aliphatic carbocycles. The average molecular weight is 378 g/mol. The Bertz CT molecular complexity index is 623. The molecule has 0 spiro atoms. The van der Waals surface area contributed by atoms with E-state index < -0.39 is 5.91 Å². The molecule has 2 saturated carbocycles. The predicted molar refractivity (Wildman–Crippen MR) is 96.6 cm³/mol. The van der Waals surface area contributed by atoms with Crippen molar-refractivity contribution in [2.75, 3.05) is 0 Å². The smallest absolute Gasteiger partial charge is 0.244 e. The van der Waals surface area contributed by atoms with Crippen LogP contribution in [0.15, 0.2) is 4.52 Å². The molecule has 150 valence electrons. The maximum atomic E-state index is 11.7. The molecule has 1 atom stereocenters. The molecule has 0 bridgehead atoms. The first-order chi connectivity index (χ1) is 13.2. The molecule has 2 fully saturated rings. The van der Waals surface area contributed by atoms with Crippen LogP contribution >= 0.6 is 0 Å². The van der Waals surface area contributed by atoms with Gasteiger partial charge in [-0.25, -0.2) is 5.48 Å². The summed E-state index contributed by atoms with van der Waals surface area (Å²) in [5.74, 6) is 1.09. The van der Waals surface area contributed by atoms with Gasteiger partial charge < -0.3 is 9.84 Å². The highest BCUT2D eigenvalue weighted by Crippen LogP contribution is 2.31. The molecule has 0 radical (unpaired) electrons. The van der Waals surface area contributed by atoms with E-state index in [0.29, 0.717) is 11.7 Å². The summed E-state index contributed by atoms with van der Waals surface area (Å²) in [6.07, 6.45) is 11.5. The fraction of sp³-hybridized carbons (Fsp3) is 0.789. The number of hydrogen-bond acceptors (Lipinski definition) is 6. The number of nitrogens with zero attached hydrogens (tertiary/aromatic N) is 2. The van der Waals surface area contributed by atoms with Crippen LogP contribution in [0.3, 0.4) is 0 Å². The Hall–Kier alpha value is -1.96. The van der Waals surface area contributed by atoms with Gasteiger partial charge in [0.05, 0.1) is 6.54 Å². The highest BCUT2D eigenvalue weighted by Gasteiger charge is 2.29. The third-order valence-electron chi connectivity index (χ3n) is 5.65. The predicted octanol–water partition coefficient (Wildman–Crippen LogP) is 2.83. The van der Waals surface area contributed by atoms with Gasteiger partial charge >= 0.3 is 0 Å². The molecule has 2 amide bonds. The Labute approximate surface area is 159 Å². The molecular formula is C19H30N4O4. The number of nitrogens with one attached hydrogen (secondary N) is 2. The van der Waals surface area contributed by atoms with Gasteiger partial charge in [0.15, 0.2) is 5.82 Å². The molecule has 0 unspecified atom stereocenters. The van der Waals surface area contributed by atoms with Crippen LogP contribution in [-0.4, -0.2) is 27.2 Å². The summed E-state index contributed by atoms with van der Waals surface area (Å²) in [6.45, 7) is 0.236. The van der Waals surface area contributed by atoms with Gasteiger partial charge in [-0.15, -0.1) is 0 Å². The van der Waals surface area contributed by atoms with E-state index in [9.17, 15) is 9.59 Å². The molecule has 1 heterocycles. The minimum absolute atomic E-state index is 0.0324. The van der Waals surface area contributed by atoms with E-state index in [4.69, 9.17) is 9.73 Å². The van der Waals surface area contributed by atoms with Crippen LogP contribution < -0.4 is 10.8 Å². The van der Waals surface area contributed by atoms with Gasteiger partial charge in [0.25, 0.3) is 0 Å². The summed E-state index contributed by atoms with van der Waals surface area (Å²) >= 11 is 0. The van der Waals surface area contributed by atoms with Crippen molar-refractivity contribution in [1.82, 2.24) is 20.9 Å². The lowest BCUT2D eigenvalue weighted by Crippen LogP contribution is -2.24. The van der Waals surface area contributed by atoms with Crippen molar-refractivity contribution in [3.05, 3.63) is 11.7 Å². The Morgan fingerprint density at radius 2 is 1.96 bits per heavy atom. The minimum atomic E-state index is -0.459. The van der Waals surface area contributed by atoms with Crippen molar-refractivity contribution in [3.63, 3.8) is 0 Å². The van der Waals surface area contributed by atoms with Crippen LogP contribution in [0, 0.1) is 11.8 Å². The highest BCUT2D eigenvalue weighted by atomic mass is 16.5. The molecule has 27 heavy (non-hydrogen) atoms. The van der Waals surface area contributed by atoms with E-state index >= 15 is 0 Å². The first-order valence-corrected chi connectivity index (χ1v) is 10.2. The summed E-state index contributed by atoms with van der Waals surface area (Å²) in [7, 11) is 0. The number of hydrogen-bond donors (Lipinski definition) is 3. The quantitative estimate of drug-likeness (QED) is 0.426. The molecule has 0 aliphatic heterocycles. The lowest BCUT2D eigenvalue weighted by Gasteiger charge is -2.22. The maximum Gasteiger partial charge on any atom is 0.244 e. The van der Waals surface area contributed by atoms with Gasteiger partial charge in [-0.1, -0.05) is 50.1 Å². The molecule has 0 aromatic carbocycles. The number of carbonyl (C=O) groups is 2. The van der Waals surface area contributed by atoms with E-state index in [1.54, 1.807) is 5.48 Å². The molecule has 2 aliphatic rings. The second-order valence-electron chi connectivity index (χ2n) is 7.91. The lowest BCUT2D eigenvalue weighted by molar-refractivity contribution is -0.129. The van der Waals surface area contributed by atoms with Crippen molar-refractivity contribution >= 4 is 11.8 Å². The summed E-state index contributed by atoms with van der Waals surface area (Å²) in [4.78, 5) is 27.7. The molecule has 3 rings (SSSR count). The van der Waals surface area contributed by atoms with Crippen molar-refractivity contribution in [2.45, 2.75) is 83.1 Å². The van der Waals surface area contributed by atoms with E-state index in [1.807, 2.05) is 0 Å². The van der Waals surface area contributed by atoms with Crippen molar-refractivity contribution in [2.24, 2.45) is 11.8 Å². The zero-order chi connectivity index (χ0) is 19.1. The Morgan fingerprint density at radius 3 is 2.67 bits per heavy atom. The minimum Gasteiger partial charge on any atom is -0.348 e. The van der Waals surface area contributed by atoms with Crippen LogP contribution in [0.2, 0.25) is 0 Å². The zero-order valence-electron chi connectivity index (χ0n) is 15.8. The first kappa shape index (κ1) is 19.8. The zero-order valence-corrected chi connectivity index (χ0v) is 15.8. The van der Waals surface area contributed by atoms with E-state index in [-0.39, 0.29) is 30.7 Å². The molecule has 0 saturated heterocycles. The number of rotatable bonds is 10. The highest BCUT2D eigenvalue weighted by molar-refractivity contribution is 5.80. The second-order valence-corrected chi connectivity index (χ2v) is 7.91. The van der Waals surface area contributed by atoms with Gasteiger partial charge in [-0.05, 0) is 25.2 Å². The molecule has 3 N–H and O–H groups in total. The van der Waals surface area contributed by atoms with Gasteiger partial charge in [-0.3, -0.25) is 14.8 Å². The van der Waals surface area contributed by atoms with E-state index in [1.165, 1.54) is 32.1 Å². The topological polar surface area (TPSA) is 117 Å². The standard InChI is InChI=1S/C19H30N4O4/c24-17(22-26)11-15(8-4-7-13-5-2-1-3-6-13)19-21-16(23-27-19)12-20-18(25)14-9-10-14/h13-15,26H,1-12H2,(H,20,25)(H,22,24)/t15-/m1/s1. The molecule has 8 nitrogen and oxygen atoms in total. The number of aromatic nitrogens is 2.